The second kappa shape index (κ2) is 8.60. The number of amides is 3. The molecule has 0 aliphatic carbocycles. The zero-order valence-electron chi connectivity index (χ0n) is 14.5. The maximum absolute atomic E-state index is 13.5. The van der Waals surface area contributed by atoms with E-state index in [1.54, 1.807) is 11.0 Å². The SMILES string of the molecule is CC(C)CN1C[C@@H](C(=O)NCCNC(=O)c2ccccc2F)CC1=O. The molecule has 0 bridgehead atoms. The van der Waals surface area contributed by atoms with Crippen molar-refractivity contribution in [3.05, 3.63) is 35.6 Å². The van der Waals surface area contributed by atoms with Crippen LogP contribution in [0.2, 0.25) is 0 Å². The lowest BCUT2D eigenvalue weighted by Crippen LogP contribution is -2.38. The summed E-state index contributed by atoms with van der Waals surface area (Å²) in [5.41, 5.74) is -0.0282. The largest absolute Gasteiger partial charge is 0.354 e. The number of rotatable bonds is 7. The van der Waals surface area contributed by atoms with Gasteiger partial charge in [-0.15, -0.1) is 0 Å². The molecule has 1 heterocycles. The van der Waals surface area contributed by atoms with Crippen molar-refractivity contribution < 1.29 is 18.8 Å². The van der Waals surface area contributed by atoms with Gasteiger partial charge in [0.05, 0.1) is 11.5 Å². The standard InChI is InChI=1S/C18H24FN3O3/c1-12(2)10-22-11-13(9-16(22)23)17(24)20-7-8-21-18(25)14-5-3-4-6-15(14)19/h3-6,12-13H,7-11H2,1-2H3,(H,20,24)(H,21,25)/t13-/m0/s1. The number of carbonyl (C=O) groups is 3. The second-order valence-corrected chi connectivity index (χ2v) is 6.62. The molecule has 2 N–H and O–H groups in total. The van der Waals surface area contributed by atoms with Gasteiger partial charge in [-0.1, -0.05) is 26.0 Å². The van der Waals surface area contributed by atoms with Crippen molar-refractivity contribution >= 4 is 17.7 Å². The lowest BCUT2D eigenvalue weighted by atomic mass is 10.1. The third kappa shape index (κ3) is 5.27. The minimum Gasteiger partial charge on any atom is -0.354 e. The molecule has 1 aromatic carbocycles. The fourth-order valence-electron chi connectivity index (χ4n) is 2.81. The lowest BCUT2D eigenvalue weighted by molar-refractivity contribution is -0.129. The summed E-state index contributed by atoms with van der Waals surface area (Å²) in [5, 5.41) is 5.27. The van der Waals surface area contributed by atoms with Crippen LogP contribution in [0, 0.1) is 17.7 Å². The van der Waals surface area contributed by atoms with Crippen LogP contribution >= 0.6 is 0 Å². The molecule has 25 heavy (non-hydrogen) atoms. The Morgan fingerprint density at radius 2 is 1.92 bits per heavy atom. The molecular weight excluding hydrogens is 325 g/mol. The highest BCUT2D eigenvalue weighted by atomic mass is 19.1. The van der Waals surface area contributed by atoms with Gasteiger partial charge in [-0.05, 0) is 18.1 Å². The first-order chi connectivity index (χ1) is 11.9. The van der Waals surface area contributed by atoms with E-state index >= 15 is 0 Å². The van der Waals surface area contributed by atoms with Crippen LogP contribution in [0.1, 0.15) is 30.6 Å². The highest BCUT2D eigenvalue weighted by molar-refractivity contribution is 5.94. The number of halogens is 1. The van der Waals surface area contributed by atoms with E-state index in [0.29, 0.717) is 19.0 Å². The average Bonchev–Trinajstić information content (AvgIpc) is 2.92. The summed E-state index contributed by atoms with van der Waals surface area (Å²) in [6.07, 6.45) is 0.222. The highest BCUT2D eigenvalue weighted by Crippen LogP contribution is 2.19. The molecule has 1 aromatic rings. The molecule has 1 aliphatic rings. The van der Waals surface area contributed by atoms with Crippen molar-refractivity contribution in [3.8, 4) is 0 Å². The van der Waals surface area contributed by atoms with Gasteiger partial charge < -0.3 is 15.5 Å². The van der Waals surface area contributed by atoms with E-state index in [-0.39, 0.29) is 42.8 Å². The molecule has 0 spiro atoms. The summed E-state index contributed by atoms with van der Waals surface area (Å²) in [7, 11) is 0. The number of nitrogens with zero attached hydrogens (tertiary/aromatic N) is 1. The van der Waals surface area contributed by atoms with Crippen LogP contribution in [0.25, 0.3) is 0 Å². The molecule has 136 valence electrons. The first kappa shape index (κ1) is 18.9. The molecule has 0 radical (unpaired) electrons. The smallest absolute Gasteiger partial charge is 0.254 e. The van der Waals surface area contributed by atoms with Crippen molar-refractivity contribution in [1.82, 2.24) is 15.5 Å². The number of carbonyl (C=O) groups excluding carboxylic acids is 3. The predicted octanol–water partition coefficient (Wildman–Crippen LogP) is 1.18. The van der Waals surface area contributed by atoms with Gasteiger partial charge in [0.25, 0.3) is 5.91 Å². The van der Waals surface area contributed by atoms with Gasteiger partial charge in [0.1, 0.15) is 5.82 Å². The maximum Gasteiger partial charge on any atom is 0.254 e. The van der Waals surface area contributed by atoms with Crippen molar-refractivity contribution in [2.75, 3.05) is 26.2 Å². The van der Waals surface area contributed by atoms with E-state index in [1.165, 1.54) is 18.2 Å². The van der Waals surface area contributed by atoms with Crippen molar-refractivity contribution in [3.63, 3.8) is 0 Å². The Morgan fingerprint density at radius 1 is 1.24 bits per heavy atom. The molecule has 0 unspecified atom stereocenters. The van der Waals surface area contributed by atoms with Gasteiger partial charge >= 0.3 is 0 Å². The number of hydrogen-bond donors (Lipinski definition) is 2. The lowest BCUT2D eigenvalue weighted by Gasteiger charge is -2.18. The van der Waals surface area contributed by atoms with E-state index in [0.717, 1.165) is 0 Å². The van der Waals surface area contributed by atoms with E-state index in [9.17, 15) is 18.8 Å². The molecule has 0 saturated carbocycles. The zero-order chi connectivity index (χ0) is 18.4. The van der Waals surface area contributed by atoms with Crippen LogP contribution in [-0.4, -0.2) is 48.8 Å². The van der Waals surface area contributed by atoms with Gasteiger partial charge in [-0.2, -0.15) is 0 Å². The van der Waals surface area contributed by atoms with Crippen molar-refractivity contribution in [1.29, 1.82) is 0 Å². The third-order valence-corrected chi connectivity index (χ3v) is 4.00. The Hall–Kier alpha value is -2.44. The molecule has 6 nitrogen and oxygen atoms in total. The fraction of sp³-hybridized carbons (Fsp3) is 0.500. The number of likely N-dealkylation sites (tertiary alicyclic amines) is 1. The average molecular weight is 349 g/mol. The number of nitrogens with one attached hydrogen (secondary N) is 2. The first-order valence-electron chi connectivity index (χ1n) is 8.46. The summed E-state index contributed by atoms with van der Waals surface area (Å²) < 4.78 is 13.5. The van der Waals surface area contributed by atoms with E-state index in [1.807, 2.05) is 13.8 Å². The van der Waals surface area contributed by atoms with Crippen LogP contribution in [0.3, 0.4) is 0 Å². The normalized spacial score (nSPS) is 17.0. The summed E-state index contributed by atoms with van der Waals surface area (Å²) in [6, 6.07) is 5.71. The van der Waals surface area contributed by atoms with Crippen molar-refractivity contribution in [2.24, 2.45) is 11.8 Å². The molecule has 3 amide bonds. The zero-order valence-corrected chi connectivity index (χ0v) is 14.5. The van der Waals surface area contributed by atoms with Gasteiger partial charge in [0.2, 0.25) is 11.8 Å². The molecule has 1 atom stereocenters. The summed E-state index contributed by atoms with van der Waals surface area (Å²) in [5.74, 6) is -1.29. The van der Waals surface area contributed by atoms with Crippen LogP contribution < -0.4 is 10.6 Å². The Labute approximate surface area is 146 Å². The summed E-state index contributed by atoms with van der Waals surface area (Å²) in [6.45, 7) is 5.56. The highest BCUT2D eigenvalue weighted by Gasteiger charge is 2.34. The first-order valence-corrected chi connectivity index (χ1v) is 8.46. The Bertz CT molecular complexity index is 648. The van der Waals surface area contributed by atoms with E-state index in [2.05, 4.69) is 10.6 Å². The molecule has 1 fully saturated rings. The Balaban J connectivity index is 1.72. The third-order valence-electron chi connectivity index (χ3n) is 4.00. The minimum absolute atomic E-state index is 0.00158. The van der Waals surface area contributed by atoms with Crippen LogP contribution in [-0.2, 0) is 9.59 Å². The van der Waals surface area contributed by atoms with Crippen LogP contribution in [0.15, 0.2) is 24.3 Å². The molecule has 2 rings (SSSR count). The second-order valence-electron chi connectivity index (χ2n) is 6.62. The molecular formula is C18H24FN3O3. The van der Waals surface area contributed by atoms with E-state index < -0.39 is 11.7 Å². The fourth-order valence-corrected chi connectivity index (χ4v) is 2.81. The van der Waals surface area contributed by atoms with E-state index in [4.69, 9.17) is 0 Å². The Kier molecular flexibility index (Phi) is 6.50. The summed E-state index contributed by atoms with van der Waals surface area (Å²) in [4.78, 5) is 37.6. The predicted molar refractivity (Wildman–Crippen MR) is 91.3 cm³/mol. The molecule has 1 aliphatic heterocycles. The Morgan fingerprint density at radius 3 is 2.60 bits per heavy atom. The quantitative estimate of drug-likeness (QED) is 0.726. The summed E-state index contributed by atoms with van der Waals surface area (Å²) >= 11 is 0. The van der Waals surface area contributed by atoms with Gasteiger partial charge in [-0.3, -0.25) is 14.4 Å². The molecule has 0 aromatic heterocycles. The minimum atomic E-state index is -0.584. The molecule has 1 saturated heterocycles. The van der Waals surface area contributed by atoms with Crippen molar-refractivity contribution in [2.45, 2.75) is 20.3 Å². The topological polar surface area (TPSA) is 78.5 Å². The van der Waals surface area contributed by atoms with Crippen LogP contribution in [0.4, 0.5) is 4.39 Å². The number of benzene rings is 1. The van der Waals surface area contributed by atoms with Crippen LogP contribution in [0.5, 0.6) is 0 Å². The monoisotopic (exact) mass is 349 g/mol. The van der Waals surface area contributed by atoms with Gasteiger partial charge in [0.15, 0.2) is 0 Å². The maximum atomic E-state index is 13.5. The molecule has 7 heteroatoms. The van der Waals surface area contributed by atoms with Gasteiger partial charge in [-0.25, -0.2) is 4.39 Å². The van der Waals surface area contributed by atoms with Gasteiger partial charge in [0, 0.05) is 32.6 Å². The number of hydrogen-bond acceptors (Lipinski definition) is 3.